The third-order valence-electron chi connectivity index (χ3n) is 5.71. The molecule has 0 spiro atoms. The minimum atomic E-state index is -1.05. The maximum Gasteiger partial charge on any atom is 0.410 e. The molecule has 2 atom stereocenters. The van der Waals surface area contributed by atoms with Crippen LogP contribution in [0.1, 0.15) is 67.3 Å². The summed E-state index contributed by atoms with van der Waals surface area (Å²) in [5.41, 5.74) is 0.830. The first-order valence-electron chi connectivity index (χ1n) is 12.8. The first-order chi connectivity index (χ1) is 18.0. The Morgan fingerprint density at radius 2 is 1.74 bits per heavy atom. The second-order valence-electron chi connectivity index (χ2n) is 9.88. The number of carbonyl (C=O) groups is 3. The summed E-state index contributed by atoms with van der Waals surface area (Å²) in [4.78, 5) is 39.4. The lowest BCUT2D eigenvalue weighted by molar-refractivity contribution is 0.00357. The molecule has 208 valence electrons. The molecule has 2 rings (SSSR count). The highest BCUT2D eigenvalue weighted by Gasteiger charge is 2.30. The van der Waals surface area contributed by atoms with E-state index in [0.29, 0.717) is 12.8 Å². The molecule has 2 aromatic carbocycles. The molecule has 9 nitrogen and oxygen atoms in total. The zero-order valence-corrected chi connectivity index (χ0v) is 23.2. The van der Waals surface area contributed by atoms with E-state index in [1.807, 2.05) is 37.3 Å². The van der Waals surface area contributed by atoms with E-state index in [-0.39, 0.29) is 42.6 Å². The van der Waals surface area contributed by atoms with Gasteiger partial charge in [-0.15, -0.1) is 0 Å². The van der Waals surface area contributed by atoms with Crippen LogP contribution < -0.4 is 10.1 Å². The van der Waals surface area contributed by atoms with Gasteiger partial charge >= 0.3 is 12.1 Å². The third-order valence-corrected chi connectivity index (χ3v) is 5.71. The van der Waals surface area contributed by atoms with Gasteiger partial charge in [0, 0.05) is 12.6 Å². The molecular formula is C29H40N2O7. The van der Waals surface area contributed by atoms with Gasteiger partial charge in [0.15, 0.2) is 0 Å². The Morgan fingerprint density at radius 1 is 1.05 bits per heavy atom. The number of methoxy groups -OCH3 is 1. The lowest BCUT2D eigenvalue weighted by Gasteiger charge is -2.34. The number of benzene rings is 2. The van der Waals surface area contributed by atoms with Crippen LogP contribution in [0.4, 0.5) is 4.79 Å². The highest BCUT2D eigenvalue weighted by atomic mass is 16.6. The summed E-state index contributed by atoms with van der Waals surface area (Å²) in [5, 5.41) is 13.5. The number of carbonyl (C=O) groups excluding carboxylic acids is 3. The van der Waals surface area contributed by atoms with Crippen molar-refractivity contribution in [2.75, 3.05) is 26.8 Å². The summed E-state index contributed by atoms with van der Waals surface area (Å²) < 4.78 is 15.9. The Bertz CT molecular complexity index is 1070. The molecule has 0 aliphatic rings. The minimum Gasteiger partial charge on any atom is -0.493 e. The molecule has 9 heteroatoms. The first-order valence-corrected chi connectivity index (χ1v) is 12.8. The zero-order chi connectivity index (χ0) is 28.3. The highest BCUT2D eigenvalue weighted by Crippen LogP contribution is 2.22. The van der Waals surface area contributed by atoms with Crippen molar-refractivity contribution in [1.82, 2.24) is 10.2 Å². The molecule has 38 heavy (non-hydrogen) atoms. The topological polar surface area (TPSA) is 114 Å². The van der Waals surface area contributed by atoms with Gasteiger partial charge in [0.2, 0.25) is 0 Å². The molecule has 0 saturated heterocycles. The van der Waals surface area contributed by atoms with E-state index in [1.54, 1.807) is 27.7 Å². The predicted molar refractivity (Wildman–Crippen MR) is 144 cm³/mol. The number of hydrogen-bond donors (Lipinski definition) is 2. The van der Waals surface area contributed by atoms with Crippen LogP contribution in [0.3, 0.4) is 0 Å². The van der Waals surface area contributed by atoms with E-state index in [4.69, 9.17) is 14.2 Å². The molecule has 2 amide bonds. The predicted octanol–water partition coefficient (Wildman–Crippen LogP) is 4.22. The van der Waals surface area contributed by atoms with Gasteiger partial charge in [-0.05, 0) is 64.3 Å². The summed E-state index contributed by atoms with van der Waals surface area (Å²) in [6.45, 7) is 9.27. The zero-order valence-electron chi connectivity index (χ0n) is 23.2. The van der Waals surface area contributed by atoms with Gasteiger partial charge in [-0.3, -0.25) is 4.79 Å². The van der Waals surface area contributed by atoms with Gasteiger partial charge < -0.3 is 29.5 Å². The van der Waals surface area contributed by atoms with Crippen LogP contribution in [0.15, 0.2) is 48.5 Å². The second-order valence-corrected chi connectivity index (χ2v) is 9.88. The van der Waals surface area contributed by atoms with Crippen LogP contribution in [0.5, 0.6) is 5.75 Å². The van der Waals surface area contributed by atoms with Crippen LogP contribution in [0, 0.1) is 0 Å². The van der Waals surface area contributed by atoms with Crippen molar-refractivity contribution < 1.29 is 33.7 Å². The molecule has 0 aliphatic carbocycles. The number of esters is 1. The molecule has 2 N–H and O–H groups in total. The summed E-state index contributed by atoms with van der Waals surface area (Å²) in [6, 6.07) is 14.0. The number of amides is 2. The van der Waals surface area contributed by atoms with Crippen LogP contribution in [0.2, 0.25) is 0 Å². The van der Waals surface area contributed by atoms with Crippen molar-refractivity contribution in [3.63, 3.8) is 0 Å². The van der Waals surface area contributed by atoms with E-state index in [1.165, 1.54) is 30.2 Å². The number of aliphatic hydroxyl groups excluding tert-OH is 1. The van der Waals surface area contributed by atoms with Crippen LogP contribution in [-0.2, 0) is 15.9 Å². The maximum absolute atomic E-state index is 13.1. The van der Waals surface area contributed by atoms with Gasteiger partial charge in [-0.1, -0.05) is 37.3 Å². The monoisotopic (exact) mass is 528 g/mol. The lowest BCUT2D eigenvalue weighted by atomic mass is 10.0. The highest BCUT2D eigenvalue weighted by molar-refractivity contribution is 5.99. The van der Waals surface area contributed by atoms with Crippen molar-refractivity contribution in [1.29, 1.82) is 0 Å². The van der Waals surface area contributed by atoms with Crippen LogP contribution >= 0.6 is 0 Å². The molecule has 2 aromatic rings. The fraction of sp³-hybridized carbons (Fsp3) is 0.483. The number of nitrogens with zero attached hydrogens (tertiary/aromatic N) is 1. The van der Waals surface area contributed by atoms with Crippen molar-refractivity contribution in [3.8, 4) is 5.75 Å². The van der Waals surface area contributed by atoms with E-state index in [9.17, 15) is 19.5 Å². The van der Waals surface area contributed by atoms with Crippen LogP contribution in [0.25, 0.3) is 0 Å². The number of rotatable bonds is 12. The SMILES string of the molecule is CCOc1cc(C(=O)OC)ccc1C(=O)NCC(O)CN(C(=O)OC(C)(C)C)C(CC)Cc1ccccc1. The van der Waals surface area contributed by atoms with E-state index in [0.717, 1.165) is 5.56 Å². The maximum atomic E-state index is 13.1. The molecule has 0 aromatic heterocycles. The van der Waals surface area contributed by atoms with E-state index >= 15 is 0 Å². The van der Waals surface area contributed by atoms with Gasteiger partial charge in [-0.25, -0.2) is 9.59 Å². The average Bonchev–Trinajstić information content (AvgIpc) is 2.88. The number of nitrogens with one attached hydrogen (secondary N) is 1. The summed E-state index contributed by atoms with van der Waals surface area (Å²) in [7, 11) is 1.27. The standard InChI is InChI=1S/C29H40N2O7/c1-7-22(16-20-12-10-9-11-13-20)31(28(35)38-29(3,4)5)19-23(32)18-30-26(33)24-15-14-21(27(34)36-6)17-25(24)37-8-2/h9-15,17,22-23,32H,7-8,16,18-19H2,1-6H3,(H,30,33). The van der Waals surface area contributed by atoms with E-state index in [2.05, 4.69) is 5.32 Å². The molecule has 0 heterocycles. The number of aliphatic hydroxyl groups is 1. The summed E-state index contributed by atoms with van der Waals surface area (Å²) in [6.07, 6.45) is -0.332. The smallest absolute Gasteiger partial charge is 0.410 e. The van der Waals surface area contributed by atoms with Gasteiger partial charge in [0.25, 0.3) is 5.91 Å². The average molecular weight is 529 g/mol. The van der Waals surface area contributed by atoms with Crippen molar-refractivity contribution in [2.45, 2.75) is 65.2 Å². The van der Waals surface area contributed by atoms with Crippen molar-refractivity contribution >= 4 is 18.0 Å². The quantitative estimate of drug-likeness (QED) is 0.397. The molecule has 0 bridgehead atoms. The Hall–Kier alpha value is -3.59. The minimum absolute atomic E-state index is 0.0276. The van der Waals surface area contributed by atoms with Gasteiger partial charge in [-0.2, -0.15) is 0 Å². The fourth-order valence-corrected chi connectivity index (χ4v) is 3.88. The molecule has 0 aliphatic heterocycles. The van der Waals surface area contributed by atoms with Crippen LogP contribution in [-0.4, -0.2) is 72.5 Å². The molecule has 2 unspecified atom stereocenters. The van der Waals surface area contributed by atoms with Crippen molar-refractivity contribution in [2.24, 2.45) is 0 Å². The third kappa shape index (κ3) is 9.37. The fourth-order valence-electron chi connectivity index (χ4n) is 3.88. The Morgan fingerprint density at radius 3 is 2.32 bits per heavy atom. The molecule has 0 saturated carbocycles. The lowest BCUT2D eigenvalue weighted by Crippen LogP contribution is -2.49. The number of hydrogen-bond acceptors (Lipinski definition) is 7. The Labute approximate surface area is 225 Å². The summed E-state index contributed by atoms with van der Waals surface area (Å²) in [5.74, 6) is -0.799. The van der Waals surface area contributed by atoms with Crippen molar-refractivity contribution in [3.05, 3.63) is 65.2 Å². The normalized spacial score (nSPS) is 12.7. The first kappa shape index (κ1) is 30.6. The molecule has 0 fully saturated rings. The van der Waals surface area contributed by atoms with Gasteiger partial charge in [0.1, 0.15) is 11.4 Å². The van der Waals surface area contributed by atoms with Gasteiger partial charge in [0.05, 0.1) is 37.5 Å². The number of ether oxygens (including phenoxy) is 3. The largest absolute Gasteiger partial charge is 0.493 e. The Kier molecular flexibility index (Phi) is 11.6. The summed E-state index contributed by atoms with van der Waals surface area (Å²) >= 11 is 0. The molecular weight excluding hydrogens is 488 g/mol. The molecule has 0 radical (unpaired) electrons. The second kappa shape index (κ2) is 14.4. The van der Waals surface area contributed by atoms with E-state index < -0.39 is 29.7 Å². The Balaban J connectivity index is 2.15.